The predicted molar refractivity (Wildman–Crippen MR) is 59.4 cm³/mol. The van der Waals surface area contributed by atoms with Gasteiger partial charge in [-0.1, -0.05) is 30.3 Å². The highest BCUT2D eigenvalue weighted by Gasteiger charge is 2.05. The average Bonchev–Trinajstić information content (AvgIpc) is 2.73. The minimum Gasteiger partial charge on any atom is -0.436 e. The van der Waals surface area contributed by atoms with E-state index in [1.807, 2.05) is 30.3 Å². The summed E-state index contributed by atoms with van der Waals surface area (Å²) in [7, 11) is 0. The van der Waals surface area contributed by atoms with E-state index in [9.17, 15) is 0 Å². The van der Waals surface area contributed by atoms with Gasteiger partial charge in [-0.05, 0) is 24.3 Å². The van der Waals surface area contributed by atoms with Crippen molar-refractivity contribution in [1.82, 2.24) is 4.98 Å². The Morgan fingerprint density at radius 3 is 2.73 bits per heavy atom. The molecular weight excluding hydrogens is 186 g/mol. The Morgan fingerprint density at radius 2 is 1.87 bits per heavy atom. The summed E-state index contributed by atoms with van der Waals surface area (Å²) in [4.78, 5) is 4.37. The number of nitrogens with zero attached hydrogens (tertiary/aromatic N) is 1. The Morgan fingerprint density at radius 1 is 1.00 bits per heavy atom. The second kappa shape index (κ2) is 3.24. The SMILES string of the molecule is [2H]c1ccc2nc(-c3ccccc3)oc2c1. The van der Waals surface area contributed by atoms with Crippen molar-refractivity contribution in [2.75, 3.05) is 0 Å². The zero-order valence-electron chi connectivity index (χ0n) is 8.97. The number of hydrogen-bond acceptors (Lipinski definition) is 2. The molecule has 0 aliphatic carbocycles. The highest BCUT2D eigenvalue weighted by Crippen LogP contribution is 2.23. The summed E-state index contributed by atoms with van der Waals surface area (Å²) in [6.45, 7) is 0. The molecule has 3 aromatic rings. The number of oxazole rings is 1. The number of aromatic nitrogens is 1. The minimum absolute atomic E-state index is 0.434. The zero-order chi connectivity index (χ0) is 11.0. The van der Waals surface area contributed by atoms with Crippen LogP contribution in [0, 0.1) is 0 Å². The van der Waals surface area contributed by atoms with E-state index in [0.717, 1.165) is 11.1 Å². The maximum Gasteiger partial charge on any atom is 0.227 e. The highest BCUT2D eigenvalue weighted by molar-refractivity contribution is 5.75. The molecule has 0 aliphatic rings. The van der Waals surface area contributed by atoms with Crippen molar-refractivity contribution < 1.29 is 5.79 Å². The van der Waals surface area contributed by atoms with Crippen LogP contribution in [-0.4, -0.2) is 4.98 Å². The van der Waals surface area contributed by atoms with Crippen LogP contribution in [0.4, 0.5) is 0 Å². The summed E-state index contributed by atoms with van der Waals surface area (Å²) in [5.41, 5.74) is 2.39. The summed E-state index contributed by atoms with van der Waals surface area (Å²) >= 11 is 0. The second-order valence-electron chi connectivity index (χ2n) is 3.28. The Bertz CT molecular complexity index is 631. The van der Waals surface area contributed by atoms with Gasteiger partial charge < -0.3 is 4.42 Å². The lowest BCUT2D eigenvalue weighted by Crippen LogP contribution is -1.74. The summed E-state index contributed by atoms with van der Waals surface area (Å²) in [6, 6.07) is 15.4. The molecule has 0 amide bonds. The van der Waals surface area contributed by atoms with Crippen LogP contribution in [0.2, 0.25) is 0 Å². The average molecular weight is 196 g/mol. The standard InChI is InChI=1S/C13H9NO/c1-2-6-10(7-3-1)13-14-11-8-4-5-9-12(11)15-13/h1-9H/i5D. The quantitative estimate of drug-likeness (QED) is 0.595. The maximum atomic E-state index is 7.50. The topological polar surface area (TPSA) is 26.0 Å². The lowest BCUT2D eigenvalue weighted by atomic mass is 10.2. The van der Waals surface area contributed by atoms with Gasteiger partial charge in [-0.25, -0.2) is 4.98 Å². The summed E-state index contributed by atoms with van der Waals surface area (Å²) < 4.78 is 13.1. The Labute approximate surface area is 88.6 Å². The third kappa shape index (κ3) is 1.40. The molecule has 0 atom stereocenters. The number of fused-ring (bicyclic) bond motifs is 1. The van der Waals surface area contributed by atoms with Gasteiger partial charge in [-0.2, -0.15) is 0 Å². The molecule has 1 aromatic heterocycles. The van der Waals surface area contributed by atoms with Crippen LogP contribution in [0.15, 0.2) is 59.0 Å². The summed E-state index contributed by atoms with van der Waals surface area (Å²) in [6.07, 6.45) is 0. The van der Waals surface area contributed by atoms with Gasteiger partial charge in [0.25, 0.3) is 0 Å². The van der Waals surface area contributed by atoms with E-state index in [0.29, 0.717) is 17.5 Å². The van der Waals surface area contributed by atoms with Gasteiger partial charge in [0.05, 0.1) is 1.37 Å². The van der Waals surface area contributed by atoms with E-state index in [2.05, 4.69) is 4.98 Å². The fourth-order valence-corrected chi connectivity index (χ4v) is 1.52. The maximum absolute atomic E-state index is 7.50. The first kappa shape index (κ1) is 7.23. The van der Waals surface area contributed by atoms with Crippen molar-refractivity contribution in [2.24, 2.45) is 0 Å². The van der Waals surface area contributed by atoms with Gasteiger partial charge in [0.2, 0.25) is 5.89 Å². The van der Waals surface area contributed by atoms with Gasteiger partial charge in [-0.3, -0.25) is 0 Å². The van der Waals surface area contributed by atoms with Crippen LogP contribution in [0.25, 0.3) is 22.6 Å². The van der Waals surface area contributed by atoms with Crippen LogP contribution >= 0.6 is 0 Å². The first-order valence-corrected chi connectivity index (χ1v) is 4.75. The monoisotopic (exact) mass is 196 g/mol. The summed E-state index contributed by atoms with van der Waals surface area (Å²) in [5, 5.41) is 0. The van der Waals surface area contributed by atoms with Crippen LogP contribution in [-0.2, 0) is 0 Å². The fourth-order valence-electron chi connectivity index (χ4n) is 1.52. The third-order valence-corrected chi connectivity index (χ3v) is 2.25. The van der Waals surface area contributed by atoms with Crippen molar-refractivity contribution in [3.63, 3.8) is 0 Å². The smallest absolute Gasteiger partial charge is 0.227 e. The van der Waals surface area contributed by atoms with E-state index >= 15 is 0 Å². The largest absolute Gasteiger partial charge is 0.436 e. The lowest BCUT2D eigenvalue weighted by Gasteiger charge is -1.91. The van der Waals surface area contributed by atoms with E-state index in [1.54, 1.807) is 18.2 Å². The van der Waals surface area contributed by atoms with Crippen LogP contribution in [0.1, 0.15) is 1.37 Å². The van der Waals surface area contributed by atoms with E-state index in [4.69, 9.17) is 5.79 Å². The van der Waals surface area contributed by atoms with Crippen molar-refractivity contribution >= 4 is 11.1 Å². The normalized spacial score (nSPS) is 11.6. The zero-order valence-corrected chi connectivity index (χ0v) is 7.97. The number of para-hydroxylation sites is 2. The molecule has 3 rings (SSSR count). The molecule has 2 nitrogen and oxygen atoms in total. The molecule has 15 heavy (non-hydrogen) atoms. The van der Waals surface area contributed by atoms with E-state index in [1.165, 1.54) is 0 Å². The van der Waals surface area contributed by atoms with Crippen molar-refractivity contribution in [2.45, 2.75) is 0 Å². The van der Waals surface area contributed by atoms with Gasteiger partial charge >= 0.3 is 0 Å². The number of hydrogen-bond donors (Lipinski definition) is 0. The molecule has 2 heteroatoms. The minimum atomic E-state index is 0.434. The van der Waals surface area contributed by atoms with Crippen LogP contribution < -0.4 is 0 Å². The molecule has 0 spiro atoms. The molecule has 0 unspecified atom stereocenters. The molecular formula is C13H9NO. The molecule has 0 saturated heterocycles. The molecule has 0 N–H and O–H groups in total. The molecule has 0 saturated carbocycles. The highest BCUT2D eigenvalue weighted by atomic mass is 16.3. The summed E-state index contributed by atoms with van der Waals surface area (Å²) in [5.74, 6) is 0.598. The van der Waals surface area contributed by atoms with Gasteiger partial charge in [0.1, 0.15) is 5.52 Å². The Balaban J connectivity index is 2.19. The molecule has 0 aliphatic heterocycles. The van der Waals surface area contributed by atoms with Gasteiger partial charge in [0, 0.05) is 5.56 Å². The molecule has 0 fully saturated rings. The molecule has 2 aromatic carbocycles. The van der Waals surface area contributed by atoms with Crippen molar-refractivity contribution in [3.05, 3.63) is 54.6 Å². The Hall–Kier alpha value is -2.09. The van der Waals surface area contributed by atoms with E-state index in [-0.39, 0.29) is 0 Å². The third-order valence-electron chi connectivity index (χ3n) is 2.25. The van der Waals surface area contributed by atoms with Crippen molar-refractivity contribution in [3.8, 4) is 11.5 Å². The molecule has 0 radical (unpaired) electrons. The van der Waals surface area contributed by atoms with Crippen LogP contribution in [0.3, 0.4) is 0 Å². The van der Waals surface area contributed by atoms with Gasteiger partial charge in [-0.15, -0.1) is 0 Å². The fraction of sp³-hybridized carbons (Fsp3) is 0. The number of rotatable bonds is 1. The first-order chi connectivity index (χ1) is 7.83. The van der Waals surface area contributed by atoms with E-state index < -0.39 is 0 Å². The predicted octanol–water partition coefficient (Wildman–Crippen LogP) is 3.49. The van der Waals surface area contributed by atoms with Crippen molar-refractivity contribution in [1.29, 1.82) is 0 Å². The van der Waals surface area contributed by atoms with Gasteiger partial charge in [0.15, 0.2) is 5.58 Å². The number of benzene rings is 2. The molecule has 1 heterocycles. The second-order valence-corrected chi connectivity index (χ2v) is 3.28. The van der Waals surface area contributed by atoms with Crippen LogP contribution in [0.5, 0.6) is 0 Å². The Kier molecular flexibility index (Phi) is 1.56. The molecule has 72 valence electrons. The first-order valence-electron chi connectivity index (χ1n) is 5.25. The molecule has 0 bridgehead atoms. The lowest BCUT2D eigenvalue weighted by molar-refractivity contribution is 0.620.